The Morgan fingerprint density at radius 1 is 1.22 bits per heavy atom. The zero-order valence-corrected chi connectivity index (χ0v) is 14.5. The summed E-state index contributed by atoms with van der Waals surface area (Å²) in [6.07, 6.45) is 0. The fourth-order valence-corrected chi connectivity index (χ4v) is 3.49. The zero-order valence-electron chi connectivity index (χ0n) is 13.7. The van der Waals surface area contributed by atoms with Crippen molar-refractivity contribution in [2.75, 3.05) is 36.5 Å². The van der Waals surface area contributed by atoms with E-state index < -0.39 is 0 Å². The van der Waals surface area contributed by atoms with E-state index in [2.05, 4.69) is 33.6 Å². The molecule has 23 heavy (non-hydrogen) atoms. The number of nitrogens with zero attached hydrogens (tertiary/aromatic N) is 4. The number of anilines is 2. The first-order chi connectivity index (χ1) is 11.0. The van der Waals surface area contributed by atoms with Gasteiger partial charge in [-0.25, -0.2) is 4.98 Å². The number of carbonyl (C=O) groups excluding carboxylic acids is 1. The van der Waals surface area contributed by atoms with E-state index in [0.717, 1.165) is 52.9 Å². The highest BCUT2D eigenvalue weighted by atomic mass is 32.1. The van der Waals surface area contributed by atoms with Gasteiger partial charge in [-0.2, -0.15) is 5.10 Å². The molecule has 1 aliphatic rings. The molecule has 1 saturated heterocycles. The number of aromatic nitrogens is 1. The summed E-state index contributed by atoms with van der Waals surface area (Å²) in [5, 5.41) is 5.02. The highest BCUT2D eigenvalue weighted by molar-refractivity contribution is 7.22. The van der Waals surface area contributed by atoms with Gasteiger partial charge >= 0.3 is 0 Å². The van der Waals surface area contributed by atoms with Crippen LogP contribution in [0, 0.1) is 0 Å². The molecule has 3 rings (SSSR count). The van der Waals surface area contributed by atoms with Gasteiger partial charge in [0.05, 0.1) is 10.4 Å². The molecule has 1 fully saturated rings. The van der Waals surface area contributed by atoms with E-state index in [1.165, 1.54) is 0 Å². The summed E-state index contributed by atoms with van der Waals surface area (Å²) >= 11 is 1.60. The van der Waals surface area contributed by atoms with Crippen molar-refractivity contribution < 1.29 is 4.79 Å². The van der Waals surface area contributed by atoms with E-state index in [1.54, 1.807) is 18.3 Å². The number of para-hydroxylation sites is 1. The van der Waals surface area contributed by atoms with Crippen molar-refractivity contribution in [1.29, 1.82) is 0 Å². The van der Waals surface area contributed by atoms with Crippen LogP contribution in [0.4, 0.5) is 10.8 Å². The van der Waals surface area contributed by atoms with Crippen LogP contribution in [0.2, 0.25) is 0 Å². The van der Waals surface area contributed by atoms with Gasteiger partial charge in [-0.05, 0) is 26.0 Å². The van der Waals surface area contributed by atoms with E-state index >= 15 is 0 Å². The Morgan fingerprint density at radius 3 is 2.61 bits per heavy atom. The van der Waals surface area contributed by atoms with E-state index in [4.69, 9.17) is 4.98 Å². The van der Waals surface area contributed by atoms with Gasteiger partial charge in [-0.15, -0.1) is 0 Å². The number of piperazine rings is 1. The number of benzene rings is 1. The smallest absolute Gasteiger partial charge is 0.219 e. The number of rotatable bonds is 3. The van der Waals surface area contributed by atoms with Crippen LogP contribution in [0.15, 0.2) is 23.3 Å². The van der Waals surface area contributed by atoms with Gasteiger partial charge in [0.1, 0.15) is 5.52 Å². The second-order valence-electron chi connectivity index (χ2n) is 5.81. The molecule has 0 bridgehead atoms. The molecule has 1 aliphatic heterocycles. The number of carbonyl (C=O) groups is 1. The lowest BCUT2D eigenvalue weighted by atomic mass is 10.2. The number of hydrogen-bond acceptors (Lipinski definition) is 6. The summed E-state index contributed by atoms with van der Waals surface area (Å²) in [6.45, 7) is 8.72. The van der Waals surface area contributed by atoms with E-state index in [0.29, 0.717) is 0 Å². The fraction of sp³-hybridized carbons (Fsp3) is 0.438. The van der Waals surface area contributed by atoms with Crippen LogP contribution >= 0.6 is 11.3 Å². The average Bonchev–Trinajstić information content (AvgIpc) is 2.96. The largest absolute Gasteiger partial charge is 0.366 e. The summed E-state index contributed by atoms with van der Waals surface area (Å²) in [7, 11) is 0. The third kappa shape index (κ3) is 3.44. The lowest BCUT2D eigenvalue weighted by Gasteiger charge is -2.35. The topological polar surface area (TPSA) is 60.8 Å². The maximum absolute atomic E-state index is 11.5. The third-order valence-corrected chi connectivity index (χ3v) is 4.76. The van der Waals surface area contributed by atoms with Gasteiger partial charge in [0.25, 0.3) is 0 Å². The van der Waals surface area contributed by atoms with Crippen molar-refractivity contribution in [3.05, 3.63) is 18.2 Å². The number of nitrogens with one attached hydrogen (secondary N) is 1. The van der Waals surface area contributed by atoms with Gasteiger partial charge in [-0.1, -0.05) is 17.4 Å². The Labute approximate surface area is 139 Å². The van der Waals surface area contributed by atoms with Crippen LogP contribution in [0.25, 0.3) is 10.2 Å². The minimum atomic E-state index is 0.149. The molecule has 7 heteroatoms. The van der Waals surface area contributed by atoms with Gasteiger partial charge < -0.3 is 9.80 Å². The third-order valence-electron chi connectivity index (χ3n) is 3.84. The number of fused-ring (bicyclic) bond motifs is 1. The average molecular weight is 331 g/mol. The number of hydrazone groups is 1. The van der Waals surface area contributed by atoms with E-state index in [1.807, 2.05) is 18.7 Å². The van der Waals surface area contributed by atoms with Crippen molar-refractivity contribution in [3.63, 3.8) is 0 Å². The zero-order chi connectivity index (χ0) is 16.4. The summed E-state index contributed by atoms with van der Waals surface area (Å²) in [4.78, 5) is 20.4. The predicted octanol–water partition coefficient (Wildman–Crippen LogP) is 2.77. The summed E-state index contributed by atoms with van der Waals surface area (Å²) in [5.74, 6) is 0.149. The number of thiazole rings is 1. The first-order valence-electron chi connectivity index (χ1n) is 7.71. The molecule has 2 aromatic rings. The molecule has 2 heterocycles. The Hall–Kier alpha value is -2.15. The lowest BCUT2D eigenvalue weighted by molar-refractivity contribution is -0.129. The molecule has 1 aromatic carbocycles. The summed E-state index contributed by atoms with van der Waals surface area (Å²) in [6, 6.07) is 6.24. The summed E-state index contributed by atoms with van der Waals surface area (Å²) in [5.41, 5.74) is 6.10. The molecular formula is C16H21N5OS. The van der Waals surface area contributed by atoms with Crippen LogP contribution in [-0.2, 0) is 4.79 Å². The predicted molar refractivity (Wildman–Crippen MR) is 96.5 cm³/mol. The molecule has 0 spiro atoms. The van der Waals surface area contributed by atoms with Crippen LogP contribution in [0.3, 0.4) is 0 Å². The van der Waals surface area contributed by atoms with Crippen molar-refractivity contribution in [2.45, 2.75) is 20.8 Å². The van der Waals surface area contributed by atoms with Crippen LogP contribution in [0.5, 0.6) is 0 Å². The lowest BCUT2D eigenvalue weighted by Crippen LogP contribution is -2.48. The maximum atomic E-state index is 11.5. The van der Waals surface area contributed by atoms with Crippen molar-refractivity contribution in [3.8, 4) is 0 Å². The van der Waals surface area contributed by atoms with Crippen molar-refractivity contribution in [2.24, 2.45) is 5.10 Å². The van der Waals surface area contributed by atoms with Gasteiger partial charge in [0.15, 0.2) is 0 Å². The molecule has 6 nitrogen and oxygen atoms in total. The minimum Gasteiger partial charge on any atom is -0.366 e. The molecule has 1 N–H and O–H groups in total. The second-order valence-corrected chi connectivity index (χ2v) is 6.84. The Morgan fingerprint density at radius 2 is 1.96 bits per heavy atom. The second kappa shape index (κ2) is 6.54. The maximum Gasteiger partial charge on any atom is 0.219 e. The number of amides is 1. The first-order valence-corrected chi connectivity index (χ1v) is 8.53. The highest BCUT2D eigenvalue weighted by Crippen LogP contribution is 2.33. The molecule has 0 saturated carbocycles. The minimum absolute atomic E-state index is 0.149. The van der Waals surface area contributed by atoms with E-state index in [-0.39, 0.29) is 5.91 Å². The fourth-order valence-electron chi connectivity index (χ4n) is 2.66. The Balaban J connectivity index is 1.84. The normalized spacial score (nSPS) is 14.9. The van der Waals surface area contributed by atoms with Crippen LogP contribution < -0.4 is 10.3 Å². The van der Waals surface area contributed by atoms with Crippen molar-refractivity contribution >= 4 is 44.0 Å². The standard InChI is InChI=1S/C16H21N5OS/c1-11(2)18-19-16-17-15-13(5-4-6-14(15)23-16)21-9-7-20(8-10-21)12(3)22/h4-6H,7-10H2,1-3H3,(H,17,19). The molecule has 0 aliphatic carbocycles. The van der Waals surface area contributed by atoms with E-state index in [9.17, 15) is 4.79 Å². The monoisotopic (exact) mass is 331 g/mol. The Kier molecular flexibility index (Phi) is 4.47. The van der Waals surface area contributed by atoms with Crippen LogP contribution in [-0.4, -0.2) is 47.7 Å². The molecular weight excluding hydrogens is 310 g/mol. The Bertz CT molecular complexity index is 742. The number of hydrogen-bond donors (Lipinski definition) is 1. The van der Waals surface area contributed by atoms with Gasteiger partial charge in [-0.3, -0.25) is 10.2 Å². The quantitative estimate of drug-likeness (QED) is 0.694. The van der Waals surface area contributed by atoms with Gasteiger partial charge in [0.2, 0.25) is 11.0 Å². The molecule has 1 amide bonds. The van der Waals surface area contributed by atoms with Crippen LogP contribution in [0.1, 0.15) is 20.8 Å². The molecule has 1 aromatic heterocycles. The highest BCUT2D eigenvalue weighted by Gasteiger charge is 2.21. The summed E-state index contributed by atoms with van der Waals surface area (Å²) < 4.78 is 1.14. The molecule has 0 unspecified atom stereocenters. The van der Waals surface area contributed by atoms with Crippen molar-refractivity contribution in [1.82, 2.24) is 9.88 Å². The van der Waals surface area contributed by atoms with Gasteiger partial charge in [0, 0.05) is 38.8 Å². The molecule has 0 radical (unpaired) electrons. The first kappa shape index (κ1) is 15.7. The molecule has 0 atom stereocenters. The molecule has 122 valence electrons. The SMILES string of the molecule is CC(=O)N1CCN(c2cccc3sc(NN=C(C)C)nc23)CC1.